The van der Waals surface area contributed by atoms with Gasteiger partial charge in [0.15, 0.2) is 4.21 Å². The van der Waals surface area contributed by atoms with Crippen LogP contribution in [0.1, 0.15) is 30.1 Å². The Balaban J connectivity index is 2.01. The first-order valence-corrected chi connectivity index (χ1v) is 11.7. The monoisotopic (exact) mass is 505 g/mol. The maximum Gasteiger partial charge on any atom is 0.449 e. The molecular formula is C20H19F4N3O4S2. The highest BCUT2D eigenvalue weighted by atomic mass is 32.3. The molecule has 1 aromatic carbocycles. The number of halogens is 4. The second-order valence-electron chi connectivity index (χ2n) is 7.53. The third-order valence-electron chi connectivity index (χ3n) is 4.46. The molecule has 0 aliphatic heterocycles. The number of carbonyl (C=O) groups excluding carboxylic acids is 1. The van der Waals surface area contributed by atoms with E-state index in [-0.39, 0.29) is 34.9 Å². The Morgan fingerprint density at radius 1 is 1.24 bits per heavy atom. The molecule has 0 saturated carbocycles. The van der Waals surface area contributed by atoms with Crippen molar-refractivity contribution in [1.82, 2.24) is 9.55 Å². The minimum atomic E-state index is -4.68. The molecule has 3 rings (SSSR count). The minimum absolute atomic E-state index is 0.0130. The SMILES string of the molecule is CC(C)Cc1sc(S(=O)(=O)OC(N)=O)c(-c2ccc(Cn3ccnc3C(F)(F)F)cc2)c1F. The molecule has 0 aliphatic carbocycles. The minimum Gasteiger partial charge on any atom is -0.334 e. The fraction of sp³-hybridized carbons (Fsp3) is 0.300. The van der Waals surface area contributed by atoms with E-state index in [9.17, 15) is 26.4 Å². The van der Waals surface area contributed by atoms with Gasteiger partial charge in [-0.05, 0) is 23.5 Å². The van der Waals surface area contributed by atoms with Gasteiger partial charge in [-0.2, -0.15) is 21.6 Å². The van der Waals surface area contributed by atoms with Crippen molar-refractivity contribution in [2.24, 2.45) is 11.7 Å². The van der Waals surface area contributed by atoms with Gasteiger partial charge in [0.05, 0.1) is 5.56 Å². The number of alkyl halides is 3. The normalized spacial score (nSPS) is 12.3. The average Bonchev–Trinajstić information content (AvgIpc) is 3.27. The zero-order valence-electron chi connectivity index (χ0n) is 17.4. The molecule has 0 unspecified atom stereocenters. The molecule has 0 radical (unpaired) electrons. The van der Waals surface area contributed by atoms with Gasteiger partial charge in [-0.1, -0.05) is 38.1 Å². The second-order valence-corrected chi connectivity index (χ2v) is 10.4. The summed E-state index contributed by atoms with van der Waals surface area (Å²) >= 11 is 0.638. The molecule has 0 spiro atoms. The number of hydrogen-bond donors (Lipinski definition) is 1. The molecule has 0 aliphatic rings. The fourth-order valence-corrected chi connectivity index (χ4v) is 5.87. The van der Waals surface area contributed by atoms with Crippen LogP contribution in [0.5, 0.6) is 0 Å². The highest BCUT2D eigenvalue weighted by Gasteiger charge is 2.36. The van der Waals surface area contributed by atoms with Crippen molar-refractivity contribution in [2.45, 2.75) is 37.2 Å². The number of thiophene rings is 1. The molecule has 33 heavy (non-hydrogen) atoms. The number of nitrogens with zero attached hydrogens (tertiary/aromatic N) is 2. The van der Waals surface area contributed by atoms with Gasteiger partial charge in [0.2, 0.25) is 5.82 Å². The van der Waals surface area contributed by atoms with Gasteiger partial charge in [0.1, 0.15) is 5.82 Å². The Kier molecular flexibility index (Phi) is 6.84. The largest absolute Gasteiger partial charge is 0.449 e. The number of hydrogen-bond acceptors (Lipinski definition) is 6. The van der Waals surface area contributed by atoms with Crippen LogP contribution in [-0.2, 0) is 33.4 Å². The predicted molar refractivity (Wildman–Crippen MR) is 112 cm³/mol. The van der Waals surface area contributed by atoms with Gasteiger partial charge < -0.3 is 14.5 Å². The third-order valence-corrected chi connectivity index (χ3v) is 7.35. The molecule has 2 N–H and O–H groups in total. The number of primary amides is 1. The van der Waals surface area contributed by atoms with Crippen LogP contribution in [0.4, 0.5) is 22.4 Å². The van der Waals surface area contributed by atoms with Gasteiger partial charge >= 0.3 is 22.4 Å². The number of carbonyl (C=O) groups is 1. The van der Waals surface area contributed by atoms with Crippen LogP contribution >= 0.6 is 11.3 Å². The van der Waals surface area contributed by atoms with Gasteiger partial charge in [-0.25, -0.2) is 14.2 Å². The summed E-state index contributed by atoms with van der Waals surface area (Å²) in [7, 11) is -4.68. The van der Waals surface area contributed by atoms with E-state index in [0.717, 1.165) is 10.8 Å². The lowest BCUT2D eigenvalue weighted by molar-refractivity contribution is -0.147. The summed E-state index contributed by atoms with van der Waals surface area (Å²) in [5.41, 5.74) is 5.14. The van der Waals surface area contributed by atoms with Crippen molar-refractivity contribution in [3.05, 3.63) is 58.7 Å². The highest BCUT2D eigenvalue weighted by Crippen LogP contribution is 2.40. The lowest BCUT2D eigenvalue weighted by Gasteiger charge is -2.11. The van der Waals surface area contributed by atoms with Crippen LogP contribution in [0.25, 0.3) is 11.1 Å². The van der Waals surface area contributed by atoms with Crippen LogP contribution in [0, 0.1) is 11.7 Å². The zero-order chi connectivity index (χ0) is 24.6. The molecular weight excluding hydrogens is 486 g/mol. The maximum absolute atomic E-state index is 15.2. The molecule has 178 valence electrons. The Morgan fingerprint density at radius 2 is 1.88 bits per heavy atom. The van der Waals surface area contributed by atoms with E-state index < -0.39 is 38.2 Å². The number of nitrogens with two attached hydrogens (primary N) is 1. The first-order chi connectivity index (χ1) is 15.3. The Bertz CT molecular complexity index is 1260. The van der Waals surface area contributed by atoms with Gasteiger partial charge in [0, 0.05) is 23.8 Å². The fourth-order valence-electron chi connectivity index (χ4n) is 3.17. The Hall–Kier alpha value is -2.93. The molecule has 1 amide bonds. The summed E-state index contributed by atoms with van der Waals surface area (Å²) < 4.78 is 84.0. The standard InChI is InChI=1S/C20H19F4N3O4S2/c1-11(2)9-14-16(21)15(17(32-14)33(29,30)31-19(25)28)13-5-3-12(4-6-13)10-27-8-7-26-18(27)20(22,23)24/h3-8,11H,9-10H2,1-2H3,(H2,25,28). The third kappa shape index (κ3) is 5.53. The zero-order valence-corrected chi connectivity index (χ0v) is 19.0. The summed E-state index contributed by atoms with van der Waals surface area (Å²) in [5, 5.41) is 0. The first kappa shape index (κ1) is 24.7. The number of amides is 1. The number of benzene rings is 1. The molecule has 7 nitrogen and oxygen atoms in total. The van der Waals surface area contributed by atoms with Gasteiger partial charge in [0.25, 0.3) is 0 Å². The number of rotatable bonds is 7. The average molecular weight is 506 g/mol. The highest BCUT2D eigenvalue weighted by molar-refractivity contribution is 7.89. The summed E-state index contributed by atoms with van der Waals surface area (Å²) in [6.45, 7) is 3.50. The topological polar surface area (TPSA) is 104 Å². The molecule has 2 heterocycles. The van der Waals surface area contributed by atoms with Crippen molar-refractivity contribution in [2.75, 3.05) is 0 Å². The van der Waals surface area contributed by atoms with Crippen LogP contribution in [-0.4, -0.2) is 24.1 Å². The van der Waals surface area contributed by atoms with E-state index in [2.05, 4.69) is 9.17 Å². The van der Waals surface area contributed by atoms with Crippen molar-refractivity contribution in [3.63, 3.8) is 0 Å². The van der Waals surface area contributed by atoms with E-state index >= 15 is 4.39 Å². The Labute approximate surface area is 190 Å². The van der Waals surface area contributed by atoms with Crippen LogP contribution in [0.15, 0.2) is 40.9 Å². The van der Waals surface area contributed by atoms with E-state index in [1.54, 1.807) is 0 Å². The molecule has 2 aromatic heterocycles. The Morgan fingerprint density at radius 3 is 2.42 bits per heavy atom. The van der Waals surface area contributed by atoms with Crippen molar-refractivity contribution in [3.8, 4) is 11.1 Å². The molecule has 3 aromatic rings. The maximum atomic E-state index is 15.2. The molecule has 0 bridgehead atoms. The number of aromatic nitrogens is 2. The second kappa shape index (κ2) is 9.14. The number of imidazole rings is 1. The van der Waals surface area contributed by atoms with Crippen LogP contribution < -0.4 is 5.73 Å². The summed E-state index contributed by atoms with van der Waals surface area (Å²) in [6, 6.07) is 5.65. The quantitative estimate of drug-likeness (QED) is 0.367. The van der Waals surface area contributed by atoms with E-state index in [1.165, 1.54) is 30.5 Å². The van der Waals surface area contributed by atoms with E-state index in [0.29, 0.717) is 16.9 Å². The van der Waals surface area contributed by atoms with Crippen molar-refractivity contribution < 1.29 is 35.0 Å². The lowest BCUT2D eigenvalue weighted by atomic mass is 10.0. The first-order valence-electron chi connectivity index (χ1n) is 9.52. The van der Waals surface area contributed by atoms with E-state index in [4.69, 9.17) is 5.73 Å². The summed E-state index contributed by atoms with van der Waals surface area (Å²) in [6.07, 6.45) is -3.73. The van der Waals surface area contributed by atoms with E-state index in [1.807, 2.05) is 13.8 Å². The van der Waals surface area contributed by atoms with Gasteiger partial charge in [-0.3, -0.25) is 0 Å². The molecule has 0 fully saturated rings. The molecule has 13 heteroatoms. The summed E-state index contributed by atoms with van der Waals surface area (Å²) in [5.74, 6) is -1.83. The molecule has 0 saturated heterocycles. The van der Waals surface area contributed by atoms with Crippen LogP contribution in [0.3, 0.4) is 0 Å². The van der Waals surface area contributed by atoms with Crippen molar-refractivity contribution in [1.29, 1.82) is 0 Å². The lowest BCUT2D eigenvalue weighted by Crippen LogP contribution is -2.18. The van der Waals surface area contributed by atoms with Crippen molar-refractivity contribution >= 4 is 27.5 Å². The van der Waals surface area contributed by atoms with Gasteiger partial charge in [-0.15, -0.1) is 11.3 Å². The smallest absolute Gasteiger partial charge is 0.334 e. The summed E-state index contributed by atoms with van der Waals surface area (Å²) in [4.78, 5) is 14.5. The van der Waals surface area contributed by atoms with Crippen LogP contribution in [0.2, 0.25) is 0 Å². The predicted octanol–water partition coefficient (Wildman–Crippen LogP) is 4.80. The molecule has 0 atom stereocenters.